The minimum Gasteiger partial charge on any atom is -0.493 e. The Balaban J connectivity index is 1.80. The van der Waals surface area contributed by atoms with Crippen LogP contribution in [0.15, 0.2) is 106 Å². The smallest absolute Gasteiger partial charge is 0.338 e. The third-order valence-corrected chi connectivity index (χ3v) is 8.39. The highest BCUT2D eigenvalue weighted by Crippen LogP contribution is 2.36. The van der Waals surface area contributed by atoms with Crippen LogP contribution in [0, 0.1) is 0 Å². The molecule has 214 valence electrons. The zero-order valence-corrected chi connectivity index (χ0v) is 25.2. The molecule has 1 aliphatic heterocycles. The molecule has 2 heterocycles. The summed E-state index contributed by atoms with van der Waals surface area (Å²) in [5, 5.41) is 0. The number of nitrogens with zero attached hydrogens (tertiary/aromatic N) is 2. The molecule has 9 heteroatoms. The van der Waals surface area contributed by atoms with E-state index in [4.69, 9.17) is 19.2 Å². The molecule has 0 aliphatic carbocycles. The van der Waals surface area contributed by atoms with Crippen LogP contribution in [0.5, 0.6) is 11.5 Å². The van der Waals surface area contributed by atoms with Gasteiger partial charge in [-0.15, -0.1) is 11.8 Å². The number of ether oxygens (including phenoxy) is 3. The van der Waals surface area contributed by atoms with Crippen molar-refractivity contribution < 1.29 is 19.0 Å². The van der Waals surface area contributed by atoms with E-state index in [2.05, 4.69) is 6.58 Å². The standard InChI is InChI=1S/C33H30N2O5S2/c1-5-19-40-30-23(13-10-14-25(30)38-3)20-26-31(36)35-29(22-15-17-24(41-4)18-16-22)27(32(37)39-6-2)28(34-33(35)42-26)21-11-8-7-9-12-21/h5,7-18,20,29H,1,6,19H2,2-4H3/b26-20-/t29-/m0/s1. The summed E-state index contributed by atoms with van der Waals surface area (Å²) in [5.41, 5.74) is 2.74. The maximum absolute atomic E-state index is 14.2. The highest BCUT2D eigenvalue weighted by molar-refractivity contribution is 7.98. The molecule has 0 saturated heterocycles. The van der Waals surface area contributed by atoms with E-state index in [9.17, 15) is 9.59 Å². The van der Waals surface area contributed by atoms with Crippen LogP contribution in [0.1, 0.15) is 29.7 Å². The highest BCUT2D eigenvalue weighted by Gasteiger charge is 2.35. The molecule has 4 aromatic rings. The van der Waals surface area contributed by atoms with Crippen LogP contribution in [0.3, 0.4) is 0 Å². The fourth-order valence-corrected chi connectivity index (χ4v) is 6.19. The van der Waals surface area contributed by atoms with Crippen molar-refractivity contribution in [2.45, 2.75) is 17.9 Å². The molecule has 0 unspecified atom stereocenters. The number of aromatic nitrogens is 1. The van der Waals surface area contributed by atoms with Gasteiger partial charge in [0.1, 0.15) is 6.61 Å². The zero-order valence-electron chi connectivity index (χ0n) is 23.5. The molecule has 0 N–H and O–H groups in total. The van der Waals surface area contributed by atoms with Crippen LogP contribution < -0.4 is 24.4 Å². The topological polar surface area (TPSA) is 79.1 Å². The summed E-state index contributed by atoms with van der Waals surface area (Å²) in [6.45, 7) is 5.96. The second-order valence-electron chi connectivity index (χ2n) is 9.18. The van der Waals surface area contributed by atoms with E-state index in [1.807, 2.05) is 73.0 Å². The minimum absolute atomic E-state index is 0.191. The van der Waals surface area contributed by atoms with Gasteiger partial charge in [0.2, 0.25) is 0 Å². The maximum Gasteiger partial charge on any atom is 0.338 e. The van der Waals surface area contributed by atoms with E-state index in [0.29, 0.717) is 37.7 Å². The van der Waals surface area contributed by atoms with Gasteiger partial charge in [-0.1, -0.05) is 78.6 Å². The van der Waals surface area contributed by atoms with Crippen molar-refractivity contribution in [2.75, 3.05) is 26.6 Å². The SMILES string of the molecule is C=CCOc1c(/C=c2\sc3n(c2=O)[C@@H](c2ccc(SC)cc2)C(C(=O)OCC)=C(c2ccccc2)N=3)cccc1OC. The maximum atomic E-state index is 14.2. The summed E-state index contributed by atoms with van der Waals surface area (Å²) >= 11 is 2.87. The summed E-state index contributed by atoms with van der Waals surface area (Å²) in [4.78, 5) is 34.3. The fourth-order valence-electron chi connectivity index (χ4n) is 4.79. The largest absolute Gasteiger partial charge is 0.493 e. The second kappa shape index (κ2) is 13.1. The van der Waals surface area contributed by atoms with Crippen molar-refractivity contribution in [3.8, 4) is 11.5 Å². The molecular formula is C33H30N2O5S2. The summed E-state index contributed by atoms with van der Waals surface area (Å²) in [6.07, 6.45) is 5.42. The third-order valence-electron chi connectivity index (χ3n) is 6.67. The van der Waals surface area contributed by atoms with Gasteiger partial charge in [0.05, 0.1) is 35.6 Å². The predicted molar refractivity (Wildman–Crippen MR) is 168 cm³/mol. The van der Waals surface area contributed by atoms with Gasteiger partial charge in [0.25, 0.3) is 5.56 Å². The summed E-state index contributed by atoms with van der Waals surface area (Å²) in [5.74, 6) is 0.537. The number of carbonyl (C=O) groups excluding carboxylic acids is 1. The van der Waals surface area contributed by atoms with Crippen LogP contribution >= 0.6 is 23.1 Å². The first-order valence-corrected chi connectivity index (χ1v) is 15.4. The first-order valence-electron chi connectivity index (χ1n) is 13.3. The van der Waals surface area contributed by atoms with Crippen LogP contribution in [-0.4, -0.2) is 37.1 Å². The van der Waals surface area contributed by atoms with Gasteiger partial charge in [-0.2, -0.15) is 0 Å². The van der Waals surface area contributed by atoms with Crippen molar-refractivity contribution in [3.05, 3.63) is 127 Å². The Labute approximate surface area is 252 Å². The molecule has 0 spiro atoms. The number of benzene rings is 3. The van der Waals surface area contributed by atoms with E-state index in [0.717, 1.165) is 16.0 Å². The quantitative estimate of drug-likeness (QED) is 0.141. The van der Waals surface area contributed by atoms with E-state index < -0.39 is 12.0 Å². The van der Waals surface area contributed by atoms with Gasteiger partial charge in [-0.05, 0) is 43.0 Å². The Bertz CT molecular complexity index is 1820. The van der Waals surface area contributed by atoms with E-state index >= 15 is 0 Å². The van der Waals surface area contributed by atoms with Crippen molar-refractivity contribution in [1.29, 1.82) is 0 Å². The summed E-state index contributed by atoms with van der Waals surface area (Å²) in [6, 6.07) is 22.1. The lowest BCUT2D eigenvalue weighted by Crippen LogP contribution is -2.40. The number of hydrogen-bond donors (Lipinski definition) is 0. The number of esters is 1. The first kappa shape index (κ1) is 29.2. The van der Waals surface area contributed by atoms with Gasteiger partial charge in [-0.3, -0.25) is 9.36 Å². The van der Waals surface area contributed by atoms with Gasteiger partial charge < -0.3 is 14.2 Å². The van der Waals surface area contributed by atoms with E-state index in [1.165, 1.54) is 11.3 Å². The lowest BCUT2D eigenvalue weighted by molar-refractivity contribution is -0.138. The molecule has 3 aromatic carbocycles. The van der Waals surface area contributed by atoms with Crippen LogP contribution in [-0.2, 0) is 9.53 Å². The van der Waals surface area contributed by atoms with Crippen LogP contribution in [0.2, 0.25) is 0 Å². The Morgan fingerprint density at radius 1 is 1.10 bits per heavy atom. The molecule has 7 nitrogen and oxygen atoms in total. The number of thioether (sulfide) groups is 1. The Morgan fingerprint density at radius 2 is 1.86 bits per heavy atom. The lowest BCUT2D eigenvalue weighted by Gasteiger charge is -2.26. The number of rotatable bonds is 10. The Morgan fingerprint density at radius 3 is 2.52 bits per heavy atom. The highest BCUT2D eigenvalue weighted by atomic mass is 32.2. The average molecular weight is 599 g/mol. The molecule has 5 rings (SSSR count). The molecule has 0 saturated carbocycles. The van der Waals surface area contributed by atoms with Crippen molar-refractivity contribution in [1.82, 2.24) is 4.57 Å². The van der Waals surface area contributed by atoms with Gasteiger partial charge in [0.15, 0.2) is 16.3 Å². The van der Waals surface area contributed by atoms with Gasteiger partial charge in [0, 0.05) is 16.0 Å². The number of hydrogen-bond acceptors (Lipinski definition) is 8. The predicted octanol–water partition coefficient (Wildman–Crippen LogP) is 5.23. The lowest BCUT2D eigenvalue weighted by atomic mass is 9.93. The molecule has 0 amide bonds. The van der Waals surface area contributed by atoms with Crippen molar-refractivity contribution in [3.63, 3.8) is 0 Å². The fraction of sp³-hybridized carbons (Fsp3) is 0.182. The average Bonchev–Trinajstić information content (AvgIpc) is 3.34. The van der Waals surface area contributed by atoms with Crippen LogP contribution in [0.4, 0.5) is 0 Å². The van der Waals surface area contributed by atoms with Gasteiger partial charge >= 0.3 is 5.97 Å². The molecule has 0 fully saturated rings. The monoisotopic (exact) mass is 598 g/mol. The molecule has 1 atom stereocenters. The van der Waals surface area contributed by atoms with Crippen molar-refractivity contribution in [2.24, 2.45) is 4.99 Å². The molecule has 0 bridgehead atoms. The molecule has 42 heavy (non-hydrogen) atoms. The molecule has 1 aromatic heterocycles. The Hall–Kier alpha value is -4.34. The molecule has 0 radical (unpaired) electrons. The molecule has 1 aliphatic rings. The van der Waals surface area contributed by atoms with E-state index in [-0.39, 0.29) is 18.8 Å². The number of para-hydroxylation sites is 1. The first-order chi connectivity index (χ1) is 20.5. The number of carbonyl (C=O) groups is 1. The number of fused-ring (bicyclic) bond motifs is 1. The zero-order chi connectivity index (χ0) is 29.6. The number of methoxy groups -OCH3 is 1. The van der Waals surface area contributed by atoms with Crippen LogP contribution in [0.25, 0.3) is 11.8 Å². The summed E-state index contributed by atoms with van der Waals surface area (Å²) < 4.78 is 19.0. The normalized spacial score (nSPS) is 14.6. The van der Waals surface area contributed by atoms with E-state index in [1.54, 1.807) is 48.6 Å². The molecular weight excluding hydrogens is 569 g/mol. The number of thiazole rings is 1. The second-order valence-corrected chi connectivity index (χ2v) is 11.1. The van der Waals surface area contributed by atoms with Crippen molar-refractivity contribution >= 4 is 40.8 Å². The minimum atomic E-state index is -0.740. The Kier molecular flexibility index (Phi) is 9.09. The third kappa shape index (κ3) is 5.70. The van der Waals surface area contributed by atoms with Gasteiger partial charge in [-0.25, -0.2) is 9.79 Å². The summed E-state index contributed by atoms with van der Waals surface area (Å²) in [7, 11) is 1.57.